The third kappa shape index (κ3) is 8.21. The number of carbonyl (C=O) groups is 1. The third-order valence-electron chi connectivity index (χ3n) is 3.95. The van der Waals surface area contributed by atoms with Crippen LogP contribution in [0.2, 0.25) is 0 Å². The highest BCUT2D eigenvalue weighted by molar-refractivity contribution is 5.98. The lowest BCUT2D eigenvalue weighted by atomic mass is 9.93. The van der Waals surface area contributed by atoms with Crippen molar-refractivity contribution in [3.63, 3.8) is 0 Å². The Bertz CT molecular complexity index is 710. The van der Waals surface area contributed by atoms with Crippen LogP contribution in [0.15, 0.2) is 47.1 Å². The Morgan fingerprint density at radius 2 is 1.86 bits per heavy atom. The van der Waals surface area contributed by atoms with Gasteiger partial charge in [0.15, 0.2) is 0 Å². The van der Waals surface area contributed by atoms with Gasteiger partial charge < -0.3 is 4.90 Å². The maximum Gasteiger partial charge on any atom is 0.412 e. The molecule has 0 aromatic rings. The van der Waals surface area contributed by atoms with Crippen molar-refractivity contribution in [3.05, 3.63) is 47.1 Å². The van der Waals surface area contributed by atoms with Gasteiger partial charge in [0.05, 0.1) is 5.57 Å². The van der Waals surface area contributed by atoms with E-state index in [1.54, 1.807) is 19.1 Å². The van der Waals surface area contributed by atoms with Crippen molar-refractivity contribution in [1.29, 1.82) is 0 Å². The normalized spacial score (nSPS) is 24.5. The predicted octanol–water partition coefficient (Wildman–Crippen LogP) is 6.23. The Kier molecular flexibility index (Phi) is 9.54. The molecule has 1 aliphatic rings. The lowest BCUT2D eigenvalue weighted by Gasteiger charge is -2.32. The van der Waals surface area contributed by atoms with Crippen LogP contribution < -0.4 is 0 Å². The molecule has 0 N–H and O–H groups in total. The molecular formula is C23H32F3NO. The number of amides is 1. The van der Waals surface area contributed by atoms with E-state index in [-0.39, 0.29) is 19.5 Å². The van der Waals surface area contributed by atoms with Gasteiger partial charge in [-0.1, -0.05) is 75.6 Å². The van der Waals surface area contributed by atoms with Gasteiger partial charge in [0, 0.05) is 6.54 Å². The lowest BCUT2D eigenvalue weighted by Crippen LogP contribution is -2.48. The van der Waals surface area contributed by atoms with Crippen LogP contribution in [-0.4, -0.2) is 29.6 Å². The fraction of sp³-hybridized carbons (Fsp3) is 0.522. The van der Waals surface area contributed by atoms with Crippen molar-refractivity contribution in [1.82, 2.24) is 4.90 Å². The van der Waals surface area contributed by atoms with Crippen LogP contribution in [0.25, 0.3) is 0 Å². The molecule has 0 radical (unpaired) electrons. The van der Waals surface area contributed by atoms with E-state index in [0.29, 0.717) is 18.4 Å². The minimum atomic E-state index is -4.59. The molecule has 1 rings (SSSR count). The van der Waals surface area contributed by atoms with Gasteiger partial charge in [0.25, 0.3) is 5.91 Å². The Labute approximate surface area is 167 Å². The van der Waals surface area contributed by atoms with E-state index in [0.717, 1.165) is 16.5 Å². The zero-order valence-electron chi connectivity index (χ0n) is 16.7. The average Bonchev–Trinajstić information content (AvgIpc) is 2.54. The fourth-order valence-corrected chi connectivity index (χ4v) is 2.85. The number of terminal acetylenes is 1. The highest BCUT2D eigenvalue weighted by Crippen LogP contribution is 2.30. The van der Waals surface area contributed by atoms with Gasteiger partial charge in [-0.25, -0.2) is 0 Å². The van der Waals surface area contributed by atoms with E-state index in [4.69, 9.17) is 6.42 Å². The van der Waals surface area contributed by atoms with Crippen LogP contribution in [-0.2, 0) is 4.79 Å². The highest BCUT2D eigenvalue weighted by Gasteiger charge is 2.44. The Morgan fingerprint density at radius 3 is 2.36 bits per heavy atom. The molecule has 156 valence electrons. The summed E-state index contributed by atoms with van der Waals surface area (Å²) in [5.41, 5.74) is 1.04. The molecule has 0 aromatic carbocycles. The maximum absolute atomic E-state index is 13.8. The molecular weight excluding hydrogens is 363 g/mol. The van der Waals surface area contributed by atoms with Gasteiger partial charge in [-0.15, -0.1) is 6.42 Å². The van der Waals surface area contributed by atoms with E-state index in [1.165, 1.54) is 0 Å². The summed E-state index contributed by atoms with van der Waals surface area (Å²) in [6, 6.07) is -2.01. The summed E-state index contributed by atoms with van der Waals surface area (Å²) in [4.78, 5) is 13.8. The molecule has 0 aliphatic carbocycles. The molecule has 0 bridgehead atoms. The minimum Gasteiger partial charge on any atom is -0.322 e. The highest BCUT2D eigenvalue weighted by atomic mass is 19.4. The number of allylic oxidation sites excluding steroid dienone is 5. The van der Waals surface area contributed by atoms with Crippen LogP contribution in [0.5, 0.6) is 0 Å². The van der Waals surface area contributed by atoms with Crippen LogP contribution in [0.3, 0.4) is 0 Å². The molecule has 28 heavy (non-hydrogen) atoms. The number of alkyl halides is 3. The van der Waals surface area contributed by atoms with Crippen molar-refractivity contribution >= 4 is 5.91 Å². The van der Waals surface area contributed by atoms with Crippen molar-refractivity contribution in [2.45, 2.75) is 67.1 Å². The summed E-state index contributed by atoms with van der Waals surface area (Å²) in [5.74, 6) is 1.51. The van der Waals surface area contributed by atoms with E-state index in [9.17, 15) is 18.0 Å². The number of rotatable bonds is 1. The van der Waals surface area contributed by atoms with E-state index in [2.05, 4.69) is 5.92 Å². The lowest BCUT2D eigenvalue weighted by molar-refractivity contribution is -0.177. The first kappa shape index (κ1) is 25.8. The molecule has 0 aromatic heterocycles. The van der Waals surface area contributed by atoms with E-state index < -0.39 is 23.5 Å². The second-order valence-corrected chi connectivity index (χ2v) is 7.97. The third-order valence-corrected chi connectivity index (χ3v) is 3.95. The zero-order chi connectivity index (χ0) is 20.8. The van der Waals surface area contributed by atoms with Gasteiger partial charge in [-0.3, -0.25) is 4.79 Å². The van der Waals surface area contributed by atoms with Crippen molar-refractivity contribution in [2.24, 2.45) is 5.41 Å². The first-order valence-corrected chi connectivity index (χ1v) is 8.92. The molecule has 1 aliphatic heterocycles. The summed E-state index contributed by atoms with van der Waals surface area (Å²) in [5, 5.41) is 0. The van der Waals surface area contributed by atoms with Crippen molar-refractivity contribution in [3.8, 4) is 12.3 Å². The van der Waals surface area contributed by atoms with Crippen LogP contribution >= 0.6 is 0 Å². The number of hydrogen-bond acceptors (Lipinski definition) is 1. The monoisotopic (exact) mass is 395 g/mol. The van der Waals surface area contributed by atoms with Gasteiger partial charge in [-0.2, -0.15) is 13.2 Å². The summed E-state index contributed by atoms with van der Waals surface area (Å²) < 4.78 is 41.5. The summed E-state index contributed by atoms with van der Waals surface area (Å²) in [7, 11) is 0. The van der Waals surface area contributed by atoms with Gasteiger partial charge >= 0.3 is 6.18 Å². The summed E-state index contributed by atoms with van der Waals surface area (Å²) in [6.45, 7) is 8.97. The molecule has 1 amide bonds. The second-order valence-electron chi connectivity index (χ2n) is 7.97. The van der Waals surface area contributed by atoms with E-state index >= 15 is 0 Å². The van der Waals surface area contributed by atoms with Gasteiger partial charge in [0.2, 0.25) is 0 Å². The number of hydrogen-bond donors (Lipinski definition) is 0. The van der Waals surface area contributed by atoms with Crippen LogP contribution in [0.1, 0.15) is 54.9 Å². The standard InChI is InChI=1S/C22H28F3NO.CH4/c1-7-18(15-21(4,5)6)20(27)26-12-10-8-9-11-16(2)13-17(3)14-19(26)22(23,24)25;/h1,8-9,11,14-15,19H,10,12-13H2,2-6H3;1H4/b9-8+,16-11-,17-14+,18-15+;. The smallest absolute Gasteiger partial charge is 0.322 e. The summed E-state index contributed by atoms with van der Waals surface area (Å²) >= 11 is 0. The fourth-order valence-electron chi connectivity index (χ4n) is 2.85. The molecule has 2 nitrogen and oxygen atoms in total. The van der Waals surface area contributed by atoms with Gasteiger partial charge in [0.1, 0.15) is 6.04 Å². The first-order valence-electron chi connectivity index (χ1n) is 8.92. The second kappa shape index (κ2) is 10.4. The molecule has 1 unspecified atom stereocenters. The average molecular weight is 396 g/mol. The Hall–Kier alpha value is -2.22. The van der Waals surface area contributed by atoms with Crippen LogP contribution in [0, 0.1) is 17.8 Å². The molecule has 0 saturated carbocycles. The topological polar surface area (TPSA) is 20.3 Å². The zero-order valence-corrected chi connectivity index (χ0v) is 16.7. The Balaban J connectivity index is 0.00000729. The number of nitrogens with zero attached hydrogens (tertiary/aromatic N) is 1. The molecule has 0 fully saturated rings. The number of carbonyl (C=O) groups excluding carboxylic acids is 1. The molecule has 5 heteroatoms. The van der Waals surface area contributed by atoms with E-state index in [1.807, 2.05) is 39.8 Å². The minimum absolute atomic E-state index is 0. The van der Waals surface area contributed by atoms with Crippen LogP contribution in [0.4, 0.5) is 13.2 Å². The van der Waals surface area contributed by atoms with Crippen molar-refractivity contribution < 1.29 is 18.0 Å². The maximum atomic E-state index is 13.8. The first-order chi connectivity index (χ1) is 12.3. The molecule has 0 saturated heterocycles. The Morgan fingerprint density at radius 1 is 1.25 bits per heavy atom. The predicted molar refractivity (Wildman–Crippen MR) is 111 cm³/mol. The largest absolute Gasteiger partial charge is 0.412 e. The SMILES string of the molecule is C.C#C/C(=C\C(C)(C)C)C(=O)N1CC/C=C/C=C(/C)C/C(C)=C/C1C(F)(F)F. The molecule has 0 spiro atoms. The quantitative estimate of drug-likeness (QED) is 0.293. The molecule has 1 atom stereocenters. The van der Waals surface area contributed by atoms with Gasteiger partial charge in [-0.05, 0) is 32.1 Å². The summed E-state index contributed by atoms with van der Waals surface area (Å²) in [6.07, 6.45) is 9.72. The van der Waals surface area contributed by atoms with Crippen molar-refractivity contribution in [2.75, 3.05) is 6.54 Å². The number of halogens is 3. The molecule has 1 heterocycles.